The summed E-state index contributed by atoms with van der Waals surface area (Å²) in [4.78, 5) is 33.3. The summed E-state index contributed by atoms with van der Waals surface area (Å²) < 4.78 is 26.6. The van der Waals surface area contributed by atoms with Gasteiger partial charge in [-0.05, 0) is 50.1 Å². The van der Waals surface area contributed by atoms with Gasteiger partial charge in [0.05, 0.1) is 35.1 Å². The normalized spacial score (nSPS) is 16.5. The molecule has 6 rings (SSSR count). The largest absolute Gasteiger partial charge is 0.454 e. The van der Waals surface area contributed by atoms with Crippen LogP contribution < -0.4 is 20.3 Å². The van der Waals surface area contributed by atoms with Crippen LogP contribution in [-0.4, -0.2) is 36.2 Å². The molecule has 38 heavy (non-hydrogen) atoms. The van der Waals surface area contributed by atoms with Crippen molar-refractivity contribution in [2.45, 2.75) is 25.8 Å². The molecule has 11 heteroatoms. The number of nitrogens with zero attached hydrogens (tertiary/aromatic N) is 2. The van der Waals surface area contributed by atoms with E-state index >= 15 is 4.39 Å². The van der Waals surface area contributed by atoms with Crippen LogP contribution in [0.1, 0.15) is 28.1 Å². The van der Waals surface area contributed by atoms with E-state index in [1.165, 1.54) is 22.3 Å². The number of amides is 3. The molecular formula is C27H25FN4O4S2. The number of benzene rings is 2. The number of carbonyl (C=O) groups is 2. The van der Waals surface area contributed by atoms with Crippen LogP contribution in [0, 0.1) is 12.7 Å². The van der Waals surface area contributed by atoms with Crippen LogP contribution in [0.2, 0.25) is 0 Å². The number of urea groups is 1. The molecule has 1 atom stereocenters. The summed E-state index contributed by atoms with van der Waals surface area (Å²) in [5.41, 5.74) is 1.56. The summed E-state index contributed by atoms with van der Waals surface area (Å²) in [6.45, 7) is 2.76. The van der Waals surface area contributed by atoms with Crippen LogP contribution in [0.25, 0.3) is 10.2 Å². The third-order valence-electron chi connectivity index (χ3n) is 6.48. The number of ether oxygens (including phenoxy) is 2. The molecular weight excluding hydrogens is 527 g/mol. The van der Waals surface area contributed by atoms with E-state index in [0.717, 1.165) is 12.8 Å². The highest BCUT2D eigenvalue weighted by Crippen LogP contribution is 2.47. The lowest BCUT2D eigenvalue weighted by Gasteiger charge is -2.30. The molecule has 0 saturated carbocycles. The number of halogens is 1. The molecule has 196 valence electrons. The second-order valence-electron chi connectivity index (χ2n) is 8.91. The average Bonchev–Trinajstić information content (AvgIpc) is 3.28. The summed E-state index contributed by atoms with van der Waals surface area (Å²) in [5.74, 6) is -0.275. The van der Waals surface area contributed by atoms with Crippen LogP contribution in [0.3, 0.4) is 0 Å². The van der Waals surface area contributed by atoms with Crippen LogP contribution in [-0.2, 0) is 4.74 Å². The Bertz CT molecular complexity index is 1520. The SMILES string of the molecule is Cc1c(N2C(=O)Nc3c(C(=O)N[C@H]4CCCOC4)sc4nccc2c34)ccc(Oc2ccccc2)c1F.S. The number of hydrogen-bond acceptors (Lipinski definition) is 6. The van der Waals surface area contributed by atoms with Crippen molar-refractivity contribution < 1.29 is 23.5 Å². The highest BCUT2D eigenvalue weighted by atomic mass is 32.1. The molecule has 0 unspecified atom stereocenters. The van der Waals surface area contributed by atoms with E-state index in [1.54, 1.807) is 49.5 Å². The average molecular weight is 553 g/mol. The molecule has 0 bridgehead atoms. The smallest absolute Gasteiger partial charge is 0.331 e. The Labute approximate surface area is 229 Å². The molecule has 0 radical (unpaired) electrons. The van der Waals surface area contributed by atoms with E-state index in [1.807, 2.05) is 6.07 Å². The van der Waals surface area contributed by atoms with E-state index in [0.29, 0.717) is 51.1 Å². The maximum atomic E-state index is 15.4. The van der Waals surface area contributed by atoms with Crippen LogP contribution in [0.15, 0.2) is 54.7 Å². The highest BCUT2D eigenvalue weighted by Gasteiger charge is 2.34. The topological polar surface area (TPSA) is 92.8 Å². The minimum atomic E-state index is -0.565. The zero-order chi connectivity index (χ0) is 25.5. The van der Waals surface area contributed by atoms with Gasteiger partial charge >= 0.3 is 6.03 Å². The van der Waals surface area contributed by atoms with Crippen molar-refractivity contribution in [3.05, 3.63) is 71.0 Å². The molecule has 2 aromatic carbocycles. The molecule has 8 nitrogen and oxygen atoms in total. The molecule has 4 heterocycles. The van der Waals surface area contributed by atoms with Crippen molar-refractivity contribution in [2.24, 2.45) is 0 Å². The zero-order valence-electron chi connectivity index (χ0n) is 20.4. The Morgan fingerprint density at radius 2 is 2.03 bits per heavy atom. The Kier molecular flexibility index (Phi) is 7.24. The first-order valence-corrected chi connectivity index (χ1v) is 12.8. The first-order chi connectivity index (χ1) is 18.0. The molecule has 2 aromatic heterocycles. The molecule has 2 aliphatic heterocycles. The Morgan fingerprint density at radius 3 is 2.79 bits per heavy atom. The predicted octanol–water partition coefficient (Wildman–Crippen LogP) is 6.24. The lowest BCUT2D eigenvalue weighted by Crippen LogP contribution is -2.41. The second-order valence-corrected chi connectivity index (χ2v) is 9.91. The van der Waals surface area contributed by atoms with Gasteiger partial charge in [0, 0.05) is 18.4 Å². The number of nitrogens with one attached hydrogen (secondary N) is 2. The number of anilines is 3. The summed E-state index contributed by atoms with van der Waals surface area (Å²) >= 11 is 1.21. The third-order valence-corrected chi connectivity index (χ3v) is 7.58. The molecule has 1 saturated heterocycles. The minimum absolute atomic E-state index is 0. The number of carbonyl (C=O) groups excluding carboxylic acids is 2. The fourth-order valence-corrected chi connectivity index (χ4v) is 5.70. The maximum Gasteiger partial charge on any atom is 0.331 e. The number of pyridine rings is 1. The molecule has 2 aliphatic rings. The van der Waals surface area contributed by atoms with Gasteiger partial charge in [-0.1, -0.05) is 18.2 Å². The van der Waals surface area contributed by atoms with E-state index in [9.17, 15) is 9.59 Å². The molecule has 1 fully saturated rings. The van der Waals surface area contributed by atoms with Crippen molar-refractivity contribution in [3.8, 4) is 11.5 Å². The van der Waals surface area contributed by atoms with Gasteiger partial charge < -0.3 is 20.1 Å². The minimum Gasteiger partial charge on any atom is -0.454 e. The van der Waals surface area contributed by atoms with Crippen LogP contribution >= 0.6 is 24.8 Å². The van der Waals surface area contributed by atoms with Crippen LogP contribution in [0.4, 0.5) is 26.2 Å². The van der Waals surface area contributed by atoms with Crippen molar-refractivity contribution in [1.29, 1.82) is 0 Å². The van der Waals surface area contributed by atoms with Gasteiger partial charge in [0.1, 0.15) is 15.5 Å². The van der Waals surface area contributed by atoms with Gasteiger partial charge in [-0.3, -0.25) is 9.69 Å². The zero-order valence-corrected chi connectivity index (χ0v) is 22.2. The second kappa shape index (κ2) is 10.6. The van der Waals surface area contributed by atoms with E-state index in [4.69, 9.17) is 9.47 Å². The number of aromatic nitrogens is 1. The number of rotatable bonds is 5. The fraction of sp³-hybridized carbons (Fsp3) is 0.222. The first kappa shape index (κ1) is 26.0. The van der Waals surface area contributed by atoms with E-state index < -0.39 is 11.8 Å². The molecule has 4 aromatic rings. The quantitative estimate of drug-likeness (QED) is 0.306. The first-order valence-electron chi connectivity index (χ1n) is 11.9. The standard InChI is InChI=1S/C27H23FN4O4S.H2S/c1-15-18(9-10-20(22(15)28)36-17-7-3-2-4-8-17)32-19-11-12-29-26-21(19)23(31-27(32)34)24(37-26)25(33)30-16-6-5-13-35-14-16;/h2-4,7-12,16H,5-6,13-14H2,1H3,(H,30,33)(H,31,34);1H2/t16-;/m0./s1. The molecule has 0 spiro atoms. The van der Waals surface area contributed by atoms with Crippen molar-refractivity contribution in [1.82, 2.24) is 10.3 Å². The van der Waals surface area contributed by atoms with Gasteiger partial charge in [-0.15, -0.1) is 11.3 Å². The van der Waals surface area contributed by atoms with Crippen molar-refractivity contribution in [2.75, 3.05) is 23.4 Å². The maximum absolute atomic E-state index is 15.4. The van der Waals surface area contributed by atoms with Gasteiger partial charge in [0.2, 0.25) is 0 Å². The van der Waals surface area contributed by atoms with Crippen molar-refractivity contribution >= 4 is 64.0 Å². The monoisotopic (exact) mass is 552 g/mol. The van der Waals surface area contributed by atoms with Gasteiger partial charge in [0.15, 0.2) is 11.6 Å². The van der Waals surface area contributed by atoms with Crippen molar-refractivity contribution in [3.63, 3.8) is 0 Å². The van der Waals surface area contributed by atoms with Gasteiger partial charge in [-0.25, -0.2) is 14.2 Å². The predicted molar refractivity (Wildman–Crippen MR) is 150 cm³/mol. The number of thiophene rings is 1. The Hall–Kier alpha value is -3.67. The summed E-state index contributed by atoms with van der Waals surface area (Å²) in [6.07, 6.45) is 3.30. The summed E-state index contributed by atoms with van der Waals surface area (Å²) in [6, 6.07) is 13.2. The van der Waals surface area contributed by atoms with E-state index in [2.05, 4.69) is 15.6 Å². The Morgan fingerprint density at radius 1 is 1.21 bits per heavy atom. The molecule has 3 amide bonds. The van der Waals surface area contributed by atoms with Crippen LogP contribution in [0.5, 0.6) is 11.5 Å². The number of hydrogen-bond donors (Lipinski definition) is 2. The van der Waals surface area contributed by atoms with E-state index in [-0.39, 0.29) is 36.8 Å². The Balaban J connectivity index is 0.00000294. The summed E-state index contributed by atoms with van der Waals surface area (Å²) in [7, 11) is 0. The fourth-order valence-electron chi connectivity index (χ4n) is 4.68. The lowest BCUT2D eigenvalue weighted by molar-refractivity contribution is 0.0626. The lowest BCUT2D eigenvalue weighted by atomic mass is 10.1. The van der Waals surface area contributed by atoms with Gasteiger partial charge in [0.25, 0.3) is 5.91 Å². The molecule has 0 aliphatic carbocycles. The molecule has 2 N–H and O–H groups in total. The number of para-hydroxylation sites is 1. The highest BCUT2D eigenvalue weighted by molar-refractivity contribution is 7.59. The van der Waals surface area contributed by atoms with Gasteiger partial charge in [-0.2, -0.15) is 13.5 Å². The third kappa shape index (κ3) is 4.57. The summed E-state index contributed by atoms with van der Waals surface area (Å²) in [5, 5.41) is 6.50.